The molecule has 0 aromatic heterocycles. The number of piperidine rings is 1. The van der Waals surface area contributed by atoms with Gasteiger partial charge in [-0.15, -0.1) is 0 Å². The summed E-state index contributed by atoms with van der Waals surface area (Å²) in [4.78, 5) is 18.2. The van der Waals surface area contributed by atoms with Gasteiger partial charge in [-0.1, -0.05) is 26.7 Å². The van der Waals surface area contributed by atoms with Gasteiger partial charge >= 0.3 is 0 Å². The lowest BCUT2D eigenvalue weighted by Crippen LogP contribution is -2.69. The third-order valence-corrected chi connectivity index (χ3v) is 9.68. The second-order valence-corrected chi connectivity index (χ2v) is 13.0. The number of rotatable bonds is 14. The largest absolute Gasteiger partial charge is 0.378 e. The van der Waals surface area contributed by atoms with Gasteiger partial charge in [0.1, 0.15) is 6.17 Å². The van der Waals surface area contributed by atoms with Gasteiger partial charge in [0, 0.05) is 45.3 Å². The highest BCUT2D eigenvalue weighted by atomic mass is 19.1. The Labute approximate surface area is 241 Å². The van der Waals surface area contributed by atoms with Crippen molar-refractivity contribution in [2.75, 3.05) is 59.0 Å². The summed E-state index contributed by atoms with van der Waals surface area (Å²) in [5.41, 5.74) is 11.8. The molecule has 230 valence electrons. The average Bonchev–Trinajstić information content (AvgIpc) is 2.88. The summed E-state index contributed by atoms with van der Waals surface area (Å²) in [5.74, 6) is -0.244. The summed E-state index contributed by atoms with van der Waals surface area (Å²) in [6.07, 6.45) is 1.11. The fourth-order valence-corrected chi connectivity index (χ4v) is 6.29. The quantitative estimate of drug-likeness (QED) is 0.191. The van der Waals surface area contributed by atoms with Crippen LogP contribution in [0.25, 0.3) is 0 Å². The molecule has 0 spiro atoms. The molecule has 0 bridgehead atoms. The number of halogens is 1. The van der Waals surface area contributed by atoms with E-state index in [1.54, 1.807) is 0 Å². The van der Waals surface area contributed by atoms with E-state index in [-0.39, 0.29) is 30.5 Å². The molecular weight excluding hydrogens is 511 g/mol. The van der Waals surface area contributed by atoms with Crippen LogP contribution in [0.3, 0.4) is 0 Å². The second-order valence-electron chi connectivity index (χ2n) is 13.0. The van der Waals surface area contributed by atoms with Crippen LogP contribution in [0.4, 0.5) is 4.39 Å². The van der Waals surface area contributed by atoms with Crippen LogP contribution in [0.1, 0.15) is 53.9 Å². The number of ether oxygens (including phenoxy) is 1. The minimum atomic E-state index is -1.09. The molecule has 3 rings (SSSR count). The highest BCUT2D eigenvalue weighted by molar-refractivity contribution is 5.80. The fraction of sp³-hybridized carbons (Fsp3) is 0.931. The van der Waals surface area contributed by atoms with Gasteiger partial charge in [-0.25, -0.2) is 4.39 Å². The molecule has 11 heteroatoms. The lowest BCUT2D eigenvalue weighted by molar-refractivity contribution is -0.128. The van der Waals surface area contributed by atoms with Crippen LogP contribution in [0, 0.1) is 34.5 Å². The maximum atomic E-state index is 15.3. The van der Waals surface area contributed by atoms with Gasteiger partial charge in [0.2, 0.25) is 5.91 Å². The highest BCUT2D eigenvalue weighted by Crippen LogP contribution is 2.31. The van der Waals surface area contributed by atoms with Crippen LogP contribution >= 0.6 is 0 Å². The van der Waals surface area contributed by atoms with Crippen molar-refractivity contribution in [3.05, 3.63) is 0 Å². The molecule has 3 aliphatic heterocycles. The van der Waals surface area contributed by atoms with Crippen molar-refractivity contribution in [3.8, 4) is 6.07 Å². The second kappa shape index (κ2) is 15.2. The molecule has 3 aliphatic rings. The summed E-state index contributed by atoms with van der Waals surface area (Å²) in [6.45, 7) is 16.5. The molecule has 0 saturated carbocycles. The summed E-state index contributed by atoms with van der Waals surface area (Å²) >= 11 is 0. The van der Waals surface area contributed by atoms with Gasteiger partial charge < -0.3 is 32.2 Å². The van der Waals surface area contributed by atoms with Gasteiger partial charge in [0.25, 0.3) is 0 Å². The zero-order chi connectivity index (χ0) is 29.4. The number of amides is 1. The van der Waals surface area contributed by atoms with E-state index in [0.717, 1.165) is 58.7 Å². The Bertz CT molecular complexity index is 827. The van der Waals surface area contributed by atoms with Crippen molar-refractivity contribution >= 4 is 5.91 Å². The molecule has 3 heterocycles. The van der Waals surface area contributed by atoms with Crippen LogP contribution < -0.4 is 27.4 Å². The molecule has 0 radical (unpaired) electrons. The Morgan fingerprint density at radius 2 is 1.80 bits per heavy atom. The third-order valence-electron chi connectivity index (χ3n) is 9.68. The number of nitrogens with one attached hydrogen (secondary N) is 3. The predicted octanol–water partition coefficient (Wildman–Crippen LogP) is 0.628. The maximum absolute atomic E-state index is 15.3. The van der Waals surface area contributed by atoms with E-state index in [0.29, 0.717) is 25.0 Å². The Balaban J connectivity index is 1.61. The summed E-state index contributed by atoms with van der Waals surface area (Å²) < 4.78 is 20.7. The first-order chi connectivity index (χ1) is 19.0. The van der Waals surface area contributed by atoms with Gasteiger partial charge in [0.05, 0.1) is 54.9 Å². The van der Waals surface area contributed by atoms with Crippen LogP contribution in [0.15, 0.2) is 0 Å². The van der Waals surface area contributed by atoms with Gasteiger partial charge in [-0.05, 0) is 45.6 Å². The van der Waals surface area contributed by atoms with E-state index in [9.17, 15) is 10.1 Å². The SMILES string of the molecule is CCC(C)CCC(CNC(C)C(C(=O)NC1CNCC(F)C1N1CCN(C2COC2)CC1)C(N)N)C(C)(C)C#N. The van der Waals surface area contributed by atoms with Crippen molar-refractivity contribution in [3.63, 3.8) is 0 Å². The van der Waals surface area contributed by atoms with Crippen molar-refractivity contribution in [1.82, 2.24) is 25.8 Å². The molecule has 0 aromatic carbocycles. The van der Waals surface area contributed by atoms with Crippen LogP contribution in [0.2, 0.25) is 0 Å². The van der Waals surface area contributed by atoms with Crippen molar-refractivity contribution < 1.29 is 13.9 Å². The number of hydrogen-bond donors (Lipinski definition) is 5. The number of carbonyl (C=O) groups excluding carboxylic acids is 1. The first-order valence-corrected chi connectivity index (χ1v) is 15.3. The topological polar surface area (TPSA) is 145 Å². The molecular formula is C29H55FN8O2. The standard InChI is InChI=1S/C29H55FN8O2/c1-6-19(2)7-8-21(29(4,5)18-31)13-35-20(3)25(27(32)33)28(39)36-24-15-34-14-23(30)26(24)38-11-9-37(10-12-38)22-16-40-17-22/h19-27,34-35H,6-17,32-33H2,1-5H3,(H,36,39). The molecule has 40 heavy (non-hydrogen) atoms. The van der Waals surface area contributed by atoms with E-state index in [2.05, 4.69) is 45.7 Å². The highest BCUT2D eigenvalue weighted by Gasteiger charge is 2.42. The first-order valence-electron chi connectivity index (χ1n) is 15.3. The number of hydrogen-bond acceptors (Lipinski definition) is 9. The van der Waals surface area contributed by atoms with Crippen molar-refractivity contribution in [2.24, 2.45) is 34.6 Å². The Hall–Kier alpha value is -1.39. The van der Waals surface area contributed by atoms with E-state index >= 15 is 4.39 Å². The summed E-state index contributed by atoms with van der Waals surface area (Å²) in [6, 6.07) is 1.84. The number of piperazine rings is 1. The van der Waals surface area contributed by atoms with Gasteiger partial charge in [-0.3, -0.25) is 14.6 Å². The summed E-state index contributed by atoms with van der Waals surface area (Å²) in [5, 5.41) is 19.6. The molecule has 10 nitrogen and oxygen atoms in total. The van der Waals surface area contributed by atoms with Crippen molar-refractivity contribution in [1.29, 1.82) is 5.26 Å². The normalized spacial score (nSPS) is 28.4. The molecule has 1 amide bonds. The molecule has 3 fully saturated rings. The number of nitrogens with zero attached hydrogens (tertiary/aromatic N) is 3. The van der Waals surface area contributed by atoms with Crippen LogP contribution in [-0.2, 0) is 9.53 Å². The monoisotopic (exact) mass is 566 g/mol. The predicted molar refractivity (Wildman–Crippen MR) is 156 cm³/mol. The van der Waals surface area contributed by atoms with Gasteiger partial charge in [0.15, 0.2) is 0 Å². The number of alkyl halides is 1. The fourth-order valence-electron chi connectivity index (χ4n) is 6.29. The smallest absolute Gasteiger partial charge is 0.227 e. The average molecular weight is 567 g/mol. The molecule has 7 unspecified atom stereocenters. The molecule has 7 atom stereocenters. The number of nitrogens with two attached hydrogens (primary N) is 2. The molecule has 0 aliphatic carbocycles. The Morgan fingerprint density at radius 1 is 1.15 bits per heavy atom. The molecule has 0 aromatic rings. The lowest BCUT2D eigenvalue weighted by atomic mass is 9.76. The maximum Gasteiger partial charge on any atom is 0.227 e. The molecule has 7 N–H and O–H groups in total. The van der Waals surface area contributed by atoms with E-state index in [1.165, 1.54) is 0 Å². The Kier molecular flexibility index (Phi) is 12.6. The van der Waals surface area contributed by atoms with E-state index in [1.807, 2.05) is 20.8 Å². The Morgan fingerprint density at radius 3 is 2.35 bits per heavy atom. The minimum absolute atomic E-state index is 0.121. The zero-order valence-electron chi connectivity index (χ0n) is 25.4. The zero-order valence-corrected chi connectivity index (χ0v) is 25.4. The lowest BCUT2D eigenvalue weighted by Gasteiger charge is -2.48. The first kappa shape index (κ1) is 33.1. The van der Waals surface area contributed by atoms with Gasteiger partial charge in [-0.2, -0.15) is 5.26 Å². The number of carbonyl (C=O) groups is 1. The third kappa shape index (κ3) is 8.57. The molecule has 3 saturated heterocycles. The van der Waals surface area contributed by atoms with E-state index in [4.69, 9.17) is 16.2 Å². The summed E-state index contributed by atoms with van der Waals surface area (Å²) in [7, 11) is 0. The van der Waals surface area contributed by atoms with Crippen LogP contribution in [-0.4, -0.2) is 111 Å². The van der Waals surface area contributed by atoms with Crippen molar-refractivity contribution in [2.45, 2.75) is 90.4 Å². The van der Waals surface area contributed by atoms with E-state index < -0.39 is 29.7 Å². The van der Waals surface area contributed by atoms with Crippen LogP contribution in [0.5, 0.6) is 0 Å². The minimum Gasteiger partial charge on any atom is -0.378 e. The number of nitriles is 1.